The fraction of sp³-hybridized carbons (Fsp3) is 0.160. The predicted molar refractivity (Wildman–Crippen MR) is 129 cm³/mol. The molecule has 5 rings (SSSR count). The average molecular weight is 462 g/mol. The first-order valence-corrected chi connectivity index (χ1v) is 11.4. The summed E-state index contributed by atoms with van der Waals surface area (Å²) < 4.78 is 5.27. The summed E-state index contributed by atoms with van der Waals surface area (Å²) in [5.41, 5.74) is 4.51. The Hall–Kier alpha value is -3.22. The number of pyridine rings is 1. The largest absolute Gasteiger partial charge is 0.497 e. The molecule has 1 unspecified atom stereocenters. The lowest BCUT2D eigenvalue weighted by molar-refractivity contribution is 0.0716. The van der Waals surface area contributed by atoms with Crippen LogP contribution in [0.3, 0.4) is 0 Å². The molecule has 0 fully saturated rings. The Morgan fingerprint density at radius 2 is 1.97 bits per heavy atom. The van der Waals surface area contributed by atoms with Crippen molar-refractivity contribution in [3.8, 4) is 5.75 Å². The van der Waals surface area contributed by atoms with Crippen LogP contribution in [0.15, 0.2) is 71.1 Å². The van der Waals surface area contributed by atoms with Crippen LogP contribution in [-0.2, 0) is 0 Å². The van der Waals surface area contributed by atoms with Gasteiger partial charge in [-0.2, -0.15) is 5.10 Å². The number of fused-ring (bicyclic) bond motifs is 1. The smallest absolute Gasteiger partial charge is 0.284 e. The topological polar surface area (TPSA) is 54.8 Å². The Morgan fingerprint density at radius 1 is 1.16 bits per heavy atom. The fourth-order valence-corrected chi connectivity index (χ4v) is 4.84. The second-order valence-electron chi connectivity index (χ2n) is 7.69. The van der Waals surface area contributed by atoms with Crippen LogP contribution < -0.4 is 4.74 Å². The molecular weight excluding hydrogens is 442 g/mol. The maximum absolute atomic E-state index is 13.3. The van der Waals surface area contributed by atoms with E-state index in [0.29, 0.717) is 16.5 Å². The number of methoxy groups -OCH3 is 1. The number of ether oxygens (including phenoxy) is 1. The van der Waals surface area contributed by atoms with Crippen LogP contribution in [0.5, 0.6) is 5.75 Å². The minimum atomic E-state index is -0.340. The number of rotatable bonds is 4. The zero-order chi connectivity index (χ0) is 22.2. The van der Waals surface area contributed by atoms with Gasteiger partial charge in [-0.15, -0.1) is 11.3 Å². The van der Waals surface area contributed by atoms with Crippen LogP contribution in [0.4, 0.5) is 0 Å². The molecule has 1 amide bonds. The molecule has 2 aromatic carbocycles. The van der Waals surface area contributed by atoms with E-state index in [9.17, 15) is 4.79 Å². The zero-order valence-electron chi connectivity index (χ0n) is 17.6. The molecule has 160 valence electrons. The number of aryl methyl sites for hydroxylation is 1. The summed E-state index contributed by atoms with van der Waals surface area (Å²) >= 11 is 8.05. The number of hydrogen-bond acceptors (Lipinski definition) is 5. The van der Waals surface area contributed by atoms with E-state index in [0.717, 1.165) is 39.1 Å². The van der Waals surface area contributed by atoms with Gasteiger partial charge in [0.25, 0.3) is 5.91 Å². The van der Waals surface area contributed by atoms with Crippen molar-refractivity contribution in [3.05, 3.63) is 92.8 Å². The number of amides is 1. The van der Waals surface area contributed by atoms with Crippen molar-refractivity contribution in [2.24, 2.45) is 5.10 Å². The van der Waals surface area contributed by atoms with Gasteiger partial charge in [0.05, 0.1) is 29.3 Å². The molecule has 32 heavy (non-hydrogen) atoms. The van der Waals surface area contributed by atoms with Gasteiger partial charge >= 0.3 is 0 Å². The molecule has 0 saturated carbocycles. The van der Waals surface area contributed by atoms with E-state index in [1.54, 1.807) is 12.1 Å². The molecule has 0 aliphatic carbocycles. The van der Waals surface area contributed by atoms with Gasteiger partial charge in [-0.1, -0.05) is 29.8 Å². The highest BCUT2D eigenvalue weighted by atomic mass is 35.5. The van der Waals surface area contributed by atoms with Crippen molar-refractivity contribution >= 4 is 45.5 Å². The quantitative estimate of drug-likeness (QED) is 0.337. The second kappa shape index (κ2) is 8.37. The normalized spacial score (nSPS) is 15.8. The Bertz CT molecular complexity index is 1330. The highest BCUT2D eigenvalue weighted by molar-refractivity contribution is 7.12. The van der Waals surface area contributed by atoms with E-state index in [4.69, 9.17) is 21.4 Å². The minimum Gasteiger partial charge on any atom is -0.497 e. The second-order valence-corrected chi connectivity index (χ2v) is 8.99. The lowest BCUT2D eigenvalue weighted by Gasteiger charge is -2.22. The Labute approximate surface area is 194 Å². The van der Waals surface area contributed by atoms with Gasteiger partial charge in [-0.25, -0.2) is 9.99 Å². The van der Waals surface area contributed by atoms with Crippen molar-refractivity contribution in [1.82, 2.24) is 9.99 Å². The number of carbonyl (C=O) groups excluding carboxylic acids is 1. The predicted octanol–water partition coefficient (Wildman–Crippen LogP) is 6.26. The van der Waals surface area contributed by atoms with Gasteiger partial charge in [0.1, 0.15) is 10.9 Å². The number of nitrogens with zero attached hydrogens (tertiary/aromatic N) is 3. The van der Waals surface area contributed by atoms with Gasteiger partial charge in [-0.3, -0.25) is 4.79 Å². The number of thiophene rings is 1. The molecule has 5 nitrogen and oxygen atoms in total. The maximum atomic E-state index is 13.3. The van der Waals surface area contributed by atoms with Crippen LogP contribution >= 0.6 is 22.9 Å². The molecule has 4 aromatic rings. The highest BCUT2D eigenvalue weighted by Gasteiger charge is 2.35. The molecule has 0 spiro atoms. The van der Waals surface area contributed by atoms with Crippen LogP contribution in [0.1, 0.15) is 38.8 Å². The summed E-state index contributed by atoms with van der Waals surface area (Å²) in [6, 6.07) is 19.1. The third-order valence-electron chi connectivity index (χ3n) is 5.59. The number of hydrazone groups is 1. The van der Waals surface area contributed by atoms with Gasteiger partial charge in [0.15, 0.2) is 0 Å². The molecule has 7 heteroatoms. The standard InChI is InChI=1S/C25H20ClN3O2S/c1-15-5-6-17-13-19(24(26)27-20(17)12-15)22-14-21(16-7-9-18(31-2)10-8-16)28-29(22)25(30)23-4-3-11-32-23/h3-13,22H,14H2,1-2H3. The van der Waals surface area contributed by atoms with Gasteiger partial charge < -0.3 is 4.74 Å². The summed E-state index contributed by atoms with van der Waals surface area (Å²) in [6.07, 6.45) is 0.544. The lowest BCUT2D eigenvalue weighted by atomic mass is 9.98. The van der Waals surface area contributed by atoms with Crippen LogP contribution in [0.25, 0.3) is 10.9 Å². The molecule has 0 N–H and O–H groups in total. The first kappa shape index (κ1) is 20.7. The number of halogens is 1. The minimum absolute atomic E-state index is 0.145. The van der Waals surface area contributed by atoms with E-state index in [1.807, 2.05) is 73.0 Å². The first-order chi connectivity index (χ1) is 15.5. The zero-order valence-corrected chi connectivity index (χ0v) is 19.2. The Kier molecular flexibility index (Phi) is 5.41. The van der Waals surface area contributed by atoms with Crippen molar-refractivity contribution in [1.29, 1.82) is 0 Å². The molecule has 1 atom stereocenters. The summed E-state index contributed by atoms with van der Waals surface area (Å²) in [7, 11) is 1.63. The molecule has 1 aliphatic rings. The molecule has 1 aliphatic heterocycles. The molecular formula is C25H20ClN3O2S. The lowest BCUT2D eigenvalue weighted by Crippen LogP contribution is -2.26. The summed E-state index contributed by atoms with van der Waals surface area (Å²) in [5, 5.41) is 9.56. The van der Waals surface area contributed by atoms with E-state index < -0.39 is 0 Å². The molecule has 3 heterocycles. The average Bonchev–Trinajstić information content (AvgIpc) is 3.49. The van der Waals surface area contributed by atoms with Gasteiger partial charge in [0, 0.05) is 17.4 Å². The molecule has 0 saturated heterocycles. The van der Waals surface area contributed by atoms with Crippen LogP contribution in [0.2, 0.25) is 5.15 Å². The van der Waals surface area contributed by atoms with Crippen molar-refractivity contribution in [3.63, 3.8) is 0 Å². The Balaban J connectivity index is 1.58. The van der Waals surface area contributed by atoms with Crippen LogP contribution in [-0.4, -0.2) is 28.7 Å². The van der Waals surface area contributed by atoms with Gasteiger partial charge in [-0.05, 0) is 65.9 Å². The molecule has 2 aromatic heterocycles. The van der Waals surface area contributed by atoms with E-state index in [-0.39, 0.29) is 11.9 Å². The van der Waals surface area contributed by atoms with Crippen molar-refractivity contribution in [2.45, 2.75) is 19.4 Å². The number of benzene rings is 2. The van der Waals surface area contributed by atoms with Crippen molar-refractivity contribution in [2.75, 3.05) is 7.11 Å². The Morgan fingerprint density at radius 3 is 2.69 bits per heavy atom. The highest BCUT2D eigenvalue weighted by Crippen LogP contribution is 2.38. The van der Waals surface area contributed by atoms with Gasteiger partial charge in [0.2, 0.25) is 0 Å². The van der Waals surface area contributed by atoms with E-state index in [1.165, 1.54) is 11.3 Å². The molecule has 0 bridgehead atoms. The third-order valence-corrected chi connectivity index (χ3v) is 6.75. The van der Waals surface area contributed by atoms with Crippen LogP contribution in [0, 0.1) is 6.92 Å². The summed E-state index contributed by atoms with van der Waals surface area (Å²) in [5.74, 6) is 0.626. The number of carbonyl (C=O) groups is 1. The first-order valence-electron chi connectivity index (χ1n) is 10.2. The van der Waals surface area contributed by atoms with E-state index >= 15 is 0 Å². The maximum Gasteiger partial charge on any atom is 0.284 e. The summed E-state index contributed by atoms with van der Waals surface area (Å²) in [4.78, 5) is 18.6. The SMILES string of the molecule is COc1ccc(C2=NN(C(=O)c3cccs3)C(c3cc4ccc(C)cc4nc3Cl)C2)cc1. The number of hydrogen-bond donors (Lipinski definition) is 0. The third kappa shape index (κ3) is 3.76. The van der Waals surface area contributed by atoms with Crippen molar-refractivity contribution < 1.29 is 9.53 Å². The fourth-order valence-electron chi connectivity index (χ4n) is 3.91. The molecule has 0 radical (unpaired) electrons. The summed E-state index contributed by atoms with van der Waals surface area (Å²) in [6.45, 7) is 2.02. The van der Waals surface area contributed by atoms with E-state index in [2.05, 4.69) is 4.98 Å². The number of aromatic nitrogens is 1. The monoisotopic (exact) mass is 461 g/mol.